The van der Waals surface area contributed by atoms with Crippen molar-refractivity contribution in [3.63, 3.8) is 0 Å². The number of fused-ring (bicyclic) bond motifs is 1. The van der Waals surface area contributed by atoms with E-state index in [9.17, 15) is 9.18 Å². The average molecular weight is 552 g/mol. The number of carbonyl (C=O) groups is 1. The molecule has 2 N–H and O–H groups in total. The number of nitrogens with zero attached hydrogens (tertiary/aromatic N) is 1. The summed E-state index contributed by atoms with van der Waals surface area (Å²) in [5.41, 5.74) is 2.37. The fourth-order valence-corrected chi connectivity index (χ4v) is 3.66. The number of halogens is 3. The second-order valence-corrected chi connectivity index (χ2v) is 8.27. The van der Waals surface area contributed by atoms with Crippen LogP contribution in [0.2, 0.25) is 5.02 Å². The van der Waals surface area contributed by atoms with Crippen LogP contribution in [0.15, 0.2) is 65.1 Å². The molecule has 9 heteroatoms. The Morgan fingerprint density at radius 2 is 1.93 bits per heavy atom. The molecule has 0 spiro atoms. The van der Waals surface area contributed by atoms with Gasteiger partial charge in [-0.3, -0.25) is 10.1 Å². The zero-order valence-corrected chi connectivity index (χ0v) is 18.8. The third-order valence-corrected chi connectivity index (χ3v) is 5.35. The number of hydrogen-bond donors (Lipinski definition) is 2. The van der Waals surface area contributed by atoms with Gasteiger partial charge in [-0.05, 0) is 83.3 Å². The molecule has 0 atom stereocenters. The molecule has 3 aromatic carbocycles. The lowest BCUT2D eigenvalue weighted by molar-refractivity contribution is 0.0974. The minimum Gasteiger partial charge on any atom is -0.436 e. The predicted molar refractivity (Wildman–Crippen MR) is 127 cm³/mol. The molecule has 30 heavy (non-hydrogen) atoms. The van der Waals surface area contributed by atoms with E-state index in [-0.39, 0.29) is 10.7 Å². The molecular formula is C21H12ClFIN3O2S. The molecule has 1 heterocycles. The summed E-state index contributed by atoms with van der Waals surface area (Å²) >= 11 is 13.6. The van der Waals surface area contributed by atoms with Gasteiger partial charge in [0.15, 0.2) is 10.7 Å². The fourth-order valence-electron chi connectivity index (χ4n) is 2.76. The third kappa shape index (κ3) is 4.45. The summed E-state index contributed by atoms with van der Waals surface area (Å²) in [6.45, 7) is 0. The first kappa shape index (κ1) is 20.7. The van der Waals surface area contributed by atoms with Crippen LogP contribution in [0.3, 0.4) is 0 Å². The molecule has 4 aromatic rings. The number of oxazole rings is 1. The standard InChI is InChI=1S/C21H12ClFIN3O2S/c22-15-7-5-11(24)9-14(15)20-26-17-10-12(6-8-18(17)29-20)25-21(30)27-19(28)13-3-1-2-4-16(13)23/h1-10H,(H2,25,27,28,30). The molecule has 0 radical (unpaired) electrons. The van der Waals surface area contributed by atoms with Crippen molar-refractivity contribution in [2.24, 2.45) is 0 Å². The van der Waals surface area contributed by atoms with Gasteiger partial charge in [0.1, 0.15) is 11.3 Å². The smallest absolute Gasteiger partial charge is 0.260 e. The summed E-state index contributed by atoms with van der Waals surface area (Å²) in [6.07, 6.45) is 0. The van der Waals surface area contributed by atoms with Crippen LogP contribution in [0.5, 0.6) is 0 Å². The van der Waals surface area contributed by atoms with Gasteiger partial charge in [0.25, 0.3) is 5.91 Å². The Kier molecular flexibility index (Phi) is 5.98. The molecule has 4 rings (SSSR count). The Labute approximate surface area is 194 Å². The largest absolute Gasteiger partial charge is 0.436 e. The molecule has 0 bridgehead atoms. The van der Waals surface area contributed by atoms with Crippen LogP contribution in [0.1, 0.15) is 10.4 Å². The molecule has 0 fully saturated rings. The van der Waals surface area contributed by atoms with E-state index in [4.69, 9.17) is 28.2 Å². The number of rotatable bonds is 3. The van der Waals surface area contributed by atoms with E-state index in [0.29, 0.717) is 33.3 Å². The zero-order chi connectivity index (χ0) is 21.3. The zero-order valence-electron chi connectivity index (χ0n) is 15.1. The van der Waals surface area contributed by atoms with E-state index in [0.717, 1.165) is 3.57 Å². The Morgan fingerprint density at radius 1 is 1.13 bits per heavy atom. The third-order valence-electron chi connectivity index (χ3n) is 4.15. The summed E-state index contributed by atoms with van der Waals surface area (Å²) in [6, 6.07) is 16.4. The number of carbonyl (C=O) groups excluding carboxylic acids is 1. The van der Waals surface area contributed by atoms with Gasteiger partial charge in [-0.15, -0.1) is 0 Å². The first-order valence-electron chi connectivity index (χ1n) is 8.63. The quantitative estimate of drug-likeness (QED) is 0.241. The van der Waals surface area contributed by atoms with Crippen molar-refractivity contribution in [3.05, 3.63) is 80.6 Å². The number of hydrogen-bond acceptors (Lipinski definition) is 4. The van der Waals surface area contributed by atoms with Crippen LogP contribution in [0.4, 0.5) is 10.1 Å². The maximum absolute atomic E-state index is 13.7. The molecule has 150 valence electrons. The van der Waals surface area contributed by atoms with Crippen molar-refractivity contribution >= 4 is 74.2 Å². The van der Waals surface area contributed by atoms with E-state index < -0.39 is 11.7 Å². The van der Waals surface area contributed by atoms with E-state index >= 15 is 0 Å². The molecule has 5 nitrogen and oxygen atoms in total. The highest BCUT2D eigenvalue weighted by Gasteiger charge is 2.14. The van der Waals surface area contributed by atoms with Crippen LogP contribution in [-0.4, -0.2) is 16.0 Å². The van der Waals surface area contributed by atoms with Crippen molar-refractivity contribution in [3.8, 4) is 11.5 Å². The van der Waals surface area contributed by atoms with Crippen molar-refractivity contribution in [1.82, 2.24) is 10.3 Å². The second-order valence-electron chi connectivity index (χ2n) is 6.21. The van der Waals surface area contributed by atoms with Crippen molar-refractivity contribution in [2.75, 3.05) is 5.32 Å². The number of anilines is 1. The molecule has 0 saturated carbocycles. The maximum Gasteiger partial charge on any atom is 0.260 e. The van der Waals surface area contributed by atoms with Gasteiger partial charge in [-0.1, -0.05) is 23.7 Å². The molecule has 0 aliphatic carbocycles. The highest BCUT2D eigenvalue weighted by Crippen LogP contribution is 2.32. The summed E-state index contributed by atoms with van der Waals surface area (Å²) in [4.78, 5) is 16.7. The minimum absolute atomic E-state index is 0.0342. The number of benzene rings is 3. The van der Waals surface area contributed by atoms with Gasteiger partial charge in [0, 0.05) is 9.26 Å². The highest BCUT2D eigenvalue weighted by molar-refractivity contribution is 14.1. The fraction of sp³-hybridized carbons (Fsp3) is 0. The van der Waals surface area contributed by atoms with Gasteiger partial charge >= 0.3 is 0 Å². The topological polar surface area (TPSA) is 67.2 Å². The maximum atomic E-state index is 13.7. The van der Waals surface area contributed by atoms with Crippen molar-refractivity contribution in [2.45, 2.75) is 0 Å². The second kappa shape index (κ2) is 8.66. The van der Waals surface area contributed by atoms with Gasteiger partial charge in [0.05, 0.1) is 16.1 Å². The number of thiocarbonyl (C=S) groups is 1. The molecule has 1 amide bonds. The molecule has 0 aliphatic rings. The van der Waals surface area contributed by atoms with Gasteiger partial charge in [0.2, 0.25) is 5.89 Å². The van der Waals surface area contributed by atoms with Crippen molar-refractivity contribution in [1.29, 1.82) is 0 Å². The lowest BCUT2D eigenvalue weighted by Gasteiger charge is -2.09. The summed E-state index contributed by atoms with van der Waals surface area (Å²) < 4.78 is 20.6. The van der Waals surface area contributed by atoms with E-state index in [1.54, 1.807) is 30.3 Å². The normalized spacial score (nSPS) is 10.8. The Bertz CT molecular complexity index is 1290. The summed E-state index contributed by atoms with van der Waals surface area (Å²) in [7, 11) is 0. The Balaban J connectivity index is 1.52. The Hall–Kier alpha value is -2.56. The van der Waals surface area contributed by atoms with Gasteiger partial charge in [-0.25, -0.2) is 9.37 Å². The average Bonchev–Trinajstić information content (AvgIpc) is 3.13. The molecule has 0 aliphatic heterocycles. The lowest BCUT2D eigenvalue weighted by atomic mass is 10.2. The molecule has 1 aromatic heterocycles. The number of amides is 1. The molecule has 0 saturated heterocycles. The highest BCUT2D eigenvalue weighted by atomic mass is 127. The lowest BCUT2D eigenvalue weighted by Crippen LogP contribution is -2.34. The molecular weight excluding hydrogens is 540 g/mol. The van der Waals surface area contributed by atoms with Crippen LogP contribution >= 0.6 is 46.4 Å². The van der Waals surface area contributed by atoms with E-state index in [1.165, 1.54) is 18.2 Å². The van der Waals surface area contributed by atoms with Crippen molar-refractivity contribution < 1.29 is 13.6 Å². The van der Waals surface area contributed by atoms with E-state index in [2.05, 4.69) is 38.2 Å². The first-order chi connectivity index (χ1) is 14.4. The number of nitrogens with one attached hydrogen (secondary N) is 2. The van der Waals surface area contributed by atoms with Gasteiger partial charge in [-0.2, -0.15) is 0 Å². The van der Waals surface area contributed by atoms with Crippen LogP contribution < -0.4 is 10.6 Å². The Morgan fingerprint density at radius 3 is 2.73 bits per heavy atom. The predicted octanol–water partition coefficient (Wildman–Crippen LogP) is 6.02. The van der Waals surface area contributed by atoms with Crippen LogP contribution in [0, 0.1) is 9.39 Å². The SMILES string of the molecule is O=C(NC(=S)Nc1ccc2oc(-c3cc(I)ccc3Cl)nc2c1)c1ccccc1F. The van der Waals surface area contributed by atoms with Crippen LogP contribution in [0.25, 0.3) is 22.6 Å². The van der Waals surface area contributed by atoms with E-state index in [1.807, 2.05) is 12.1 Å². The monoisotopic (exact) mass is 551 g/mol. The summed E-state index contributed by atoms with van der Waals surface area (Å²) in [5.74, 6) is -0.853. The van der Waals surface area contributed by atoms with Gasteiger partial charge < -0.3 is 9.73 Å². The first-order valence-corrected chi connectivity index (χ1v) is 10.5. The summed E-state index contributed by atoms with van der Waals surface area (Å²) in [5, 5.41) is 5.92. The molecule has 0 unspecified atom stereocenters. The minimum atomic E-state index is -0.635. The van der Waals surface area contributed by atoms with Crippen LogP contribution in [-0.2, 0) is 0 Å². The number of aromatic nitrogens is 1.